The van der Waals surface area contributed by atoms with Gasteiger partial charge in [0.2, 0.25) is 0 Å². The largest absolute Gasteiger partial charge is 0.741 e. The van der Waals surface area contributed by atoms with Gasteiger partial charge in [-0.15, -0.1) is 0 Å². The van der Waals surface area contributed by atoms with Gasteiger partial charge in [-0.25, -0.2) is 12.8 Å². The molecule has 0 unspecified atom stereocenters. The Morgan fingerprint density at radius 2 is 1.26 bits per heavy atom. The molecule has 1 heterocycles. The van der Waals surface area contributed by atoms with Crippen molar-refractivity contribution in [3.05, 3.63) is 78.6 Å². The molecule has 27 heavy (non-hydrogen) atoms. The van der Waals surface area contributed by atoms with Crippen molar-refractivity contribution >= 4 is 10.1 Å². The first kappa shape index (κ1) is 20.6. The number of alkyl halides is 3. The van der Waals surface area contributed by atoms with Crippen molar-refractivity contribution in [1.82, 2.24) is 0 Å². The fourth-order valence-electron chi connectivity index (χ4n) is 2.18. The maximum Gasteiger partial charge on any atom is 0.485 e. The maximum atomic E-state index is 10.7. The standard InChI is InChI=1S/C18H15O.CHF3O3S/c1-14-12-17(15-8-4-2-5-9-15)13-18(19-14)16-10-6-3-7-11-16;2-1(3,4)8(5,6)7/h2-13H,1H3;(H,5,6,7)/q+1;/p-1. The fourth-order valence-corrected chi connectivity index (χ4v) is 2.18. The van der Waals surface area contributed by atoms with E-state index < -0.39 is 15.6 Å². The summed E-state index contributed by atoms with van der Waals surface area (Å²) in [5.74, 6) is 1.82. The third-order valence-corrected chi connectivity index (χ3v) is 3.93. The van der Waals surface area contributed by atoms with Crippen molar-refractivity contribution in [3.63, 3.8) is 0 Å². The van der Waals surface area contributed by atoms with Gasteiger partial charge in [0.1, 0.15) is 0 Å². The van der Waals surface area contributed by atoms with Crippen LogP contribution in [0.4, 0.5) is 13.2 Å². The van der Waals surface area contributed by atoms with E-state index in [0.29, 0.717) is 0 Å². The quantitative estimate of drug-likeness (QED) is 0.337. The molecule has 0 aliphatic heterocycles. The van der Waals surface area contributed by atoms with Gasteiger partial charge in [-0.05, 0) is 17.7 Å². The van der Waals surface area contributed by atoms with Crippen molar-refractivity contribution < 1.29 is 30.6 Å². The van der Waals surface area contributed by atoms with Crippen molar-refractivity contribution in [3.8, 4) is 22.5 Å². The van der Waals surface area contributed by atoms with Gasteiger partial charge in [0.05, 0.1) is 18.6 Å². The molecule has 0 aliphatic rings. The zero-order chi connectivity index (χ0) is 20.1. The summed E-state index contributed by atoms with van der Waals surface area (Å²) >= 11 is 0. The van der Waals surface area contributed by atoms with Crippen LogP contribution in [0.1, 0.15) is 5.76 Å². The van der Waals surface area contributed by atoms with Gasteiger partial charge in [-0.3, -0.25) is 0 Å². The Kier molecular flexibility index (Phi) is 6.35. The summed E-state index contributed by atoms with van der Waals surface area (Å²) in [6.07, 6.45) is 0. The van der Waals surface area contributed by atoms with Crippen LogP contribution in [0.3, 0.4) is 0 Å². The molecule has 4 nitrogen and oxygen atoms in total. The summed E-state index contributed by atoms with van der Waals surface area (Å²) in [4.78, 5) is 0. The fraction of sp³-hybridized carbons (Fsp3) is 0.105. The number of halogens is 3. The summed E-state index contributed by atoms with van der Waals surface area (Å²) in [5, 5.41) is 0. The number of hydrogen-bond acceptors (Lipinski definition) is 3. The van der Waals surface area contributed by atoms with E-state index in [2.05, 4.69) is 48.5 Å². The van der Waals surface area contributed by atoms with Crippen LogP contribution in [0, 0.1) is 6.92 Å². The molecule has 1 aromatic heterocycles. The molecule has 3 aromatic rings. The second kappa shape index (κ2) is 8.32. The Balaban J connectivity index is 0.000000279. The number of hydrogen-bond donors (Lipinski definition) is 0. The Hall–Kier alpha value is -2.71. The van der Waals surface area contributed by atoms with Gasteiger partial charge < -0.3 is 4.55 Å². The minimum atomic E-state index is -6.09. The molecule has 0 amide bonds. The van der Waals surface area contributed by atoms with Crippen LogP contribution in [0.15, 0.2) is 77.2 Å². The molecular weight excluding hydrogens is 381 g/mol. The van der Waals surface area contributed by atoms with Crippen molar-refractivity contribution in [2.75, 3.05) is 0 Å². The predicted molar refractivity (Wildman–Crippen MR) is 94.5 cm³/mol. The van der Waals surface area contributed by atoms with Gasteiger partial charge in [0.15, 0.2) is 10.1 Å². The zero-order valence-corrected chi connectivity index (χ0v) is 14.9. The molecule has 0 saturated heterocycles. The van der Waals surface area contributed by atoms with Gasteiger partial charge in [-0.2, -0.15) is 13.2 Å². The first-order chi connectivity index (χ1) is 12.6. The first-order valence-electron chi connectivity index (χ1n) is 7.66. The molecule has 0 saturated carbocycles. The Morgan fingerprint density at radius 1 is 0.815 bits per heavy atom. The molecule has 142 valence electrons. The van der Waals surface area contributed by atoms with Crippen molar-refractivity contribution in [1.29, 1.82) is 0 Å². The minimum Gasteiger partial charge on any atom is -0.741 e. The molecule has 0 aliphatic carbocycles. The van der Waals surface area contributed by atoms with Gasteiger partial charge in [-0.1, -0.05) is 48.5 Å². The highest BCUT2D eigenvalue weighted by atomic mass is 32.2. The second-order valence-electron chi connectivity index (χ2n) is 5.45. The zero-order valence-electron chi connectivity index (χ0n) is 14.1. The summed E-state index contributed by atoms with van der Waals surface area (Å²) in [5.41, 5.74) is -2.15. The van der Waals surface area contributed by atoms with E-state index in [-0.39, 0.29) is 0 Å². The van der Waals surface area contributed by atoms with Crippen LogP contribution in [0.5, 0.6) is 0 Å². The number of rotatable bonds is 2. The first-order valence-corrected chi connectivity index (χ1v) is 9.06. The van der Waals surface area contributed by atoms with Crippen LogP contribution < -0.4 is 0 Å². The molecule has 0 N–H and O–H groups in total. The van der Waals surface area contributed by atoms with Gasteiger partial charge in [0, 0.05) is 11.6 Å². The third kappa shape index (κ3) is 5.90. The summed E-state index contributed by atoms with van der Waals surface area (Å²) in [6, 6.07) is 24.7. The van der Waals surface area contributed by atoms with E-state index in [9.17, 15) is 13.2 Å². The Morgan fingerprint density at radius 3 is 1.70 bits per heavy atom. The molecule has 2 aromatic carbocycles. The van der Waals surface area contributed by atoms with E-state index >= 15 is 0 Å². The molecule has 0 bridgehead atoms. The summed E-state index contributed by atoms with van der Waals surface area (Å²) in [7, 11) is -6.09. The Labute approximate surface area is 154 Å². The average Bonchev–Trinajstić information content (AvgIpc) is 2.61. The lowest BCUT2D eigenvalue weighted by Gasteiger charge is -2.08. The third-order valence-electron chi connectivity index (χ3n) is 3.37. The van der Waals surface area contributed by atoms with Gasteiger partial charge in [0.25, 0.3) is 0 Å². The molecule has 0 radical (unpaired) electrons. The van der Waals surface area contributed by atoms with Crippen LogP contribution in [-0.4, -0.2) is 18.5 Å². The highest BCUT2D eigenvalue weighted by Crippen LogP contribution is 2.27. The maximum absolute atomic E-state index is 10.7. The number of benzene rings is 2. The molecular formula is C19H15F3O4S. The van der Waals surface area contributed by atoms with Crippen LogP contribution in [0.2, 0.25) is 0 Å². The predicted octanol–water partition coefficient (Wildman–Crippen LogP) is 5.25. The van der Waals surface area contributed by atoms with Gasteiger partial charge >= 0.3 is 17.0 Å². The lowest BCUT2D eigenvalue weighted by atomic mass is 10.0. The van der Waals surface area contributed by atoms with Crippen molar-refractivity contribution in [2.45, 2.75) is 12.4 Å². The SMILES string of the molecule is Cc1cc(-c2ccccc2)cc(-c2ccccc2)[o+]1.O=S(=O)([O-])C(F)(F)F. The molecule has 0 atom stereocenters. The monoisotopic (exact) mass is 396 g/mol. The van der Waals surface area contributed by atoms with E-state index in [0.717, 1.165) is 17.1 Å². The molecule has 0 spiro atoms. The highest BCUT2D eigenvalue weighted by molar-refractivity contribution is 7.86. The van der Waals surface area contributed by atoms with Crippen molar-refractivity contribution in [2.24, 2.45) is 0 Å². The van der Waals surface area contributed by atoms with E-state index in [1.165, 1.54) is 11.1 Å². The van der Waals surface area contributed by atoms with E-state index in [4.69, 9.17) is 17.4 Å². The molecule has 0 fully saturated rings. The van der Waals surface area contributed by atoms with E-state index in [1.54, 1.807) is 0 Å². The highest BCUT2D eigenvalue weighted by Gasteiger charge is 2.36. The van der Waals surface area contributed by atoms with Crippen LogP contribution >= 0.6 is 0 Å². The Bertz CT molecular complexity index is 929. The topological polar surface area (TPSA) is 68.5 Å². The van der Waals surface area contributed by atoms with E-state index in [1.807, 2.05) is 31.2 Å². The average molecular weight is 396 g/mol. The number of aryl methyl sites for hydroxylation is 1. The smallest absolute Gasteiger partial charge is 0.485 e. The van der Waals surface area contributed by atoms with Crippen LogP contribution in [0.25, 0.3) is 22.5 Å². The molecule has 8 heteroatoms. The second-order valence-corrected chi connectivity index (χ2v) is 6.82. The minimum absolute atomic E-state index is 0.902. The summed E-state index contributed by atoms with van der Waals surface area (Å²) in [6.45, 7) is 1.98. The lowest BCUT2D eigenvalue weighted by Crippen LogP contribution is -2.21. The summed E-state index contributed by atoms with van der Waals surface area (Å²) < 4.78 is 64.7. The lowest BCUT2D eigenvalue weighted by molar-refractivity contribution is -0.0517. The normalized spacial score (nSPS) is 11.4. The molecule has 3 rings (SSSR count). The van der Waals surface area contributed by atoms with Crippen LogP contribution in [-0.2, 0) is 10.1 Å².